The smallest absolute Gasteiger partial charge is 0.278 e. The molecule has 1 amide bonds. The minimum absolute atomic E-state index is 0.0274. The quantitative estimate of drug-likeness (QED) is 0.513. The van der Waals surface area contributed by atoms with Crippen molar-refractivity contribution >= 4 is 17.9 Å². The number of hydrogen-bond donors (Lipinski definition) is 0. The van der Waals surface area contributed by atoms with Crippen LogP contribution in [0.15, 0.2) is 30.3 Å². The molecule has 0 atom stereocenters. The van der Waals surface area contributed by atoms with Gasteiger partial charge in [-0.25, -0.2) is 4.39 Å². The molecule has 2 aromatic heterocycles. The number of anilines is 2. The van der Waals surface area contributed by atoms with E-state index in [1.165, 1.54) is 28.8 Å². The predicted molar refractivity (Wildman–Crippen MR) is 89.8 cm³/mol. The first-order valence-electron chi connectivity index (χ1n) is 7.78. The Bertz CT molecular complexity index is 1010. The molecule has 0 bridgehead atoms. The number of carbonyl (C=O) groups is 1. The Labute approximate surface area is 151 Å². The zero-order chi connectivity index (χ0) is 19.9. The van der Waals surface area contributed by atoms with E-state index < -0.39 is 17.7 Å². The van der Waals surface area contributed by atoms with Crippen molar-refractivity contribution in [2.75, 3.05) is 4.90 Å². The molecule has 0 aliphatic heterocycles. The van der Waals surface area contributed by atoms with Crippen LogP contribution in [0, 0.1) is 12.7 Å². The molecule has 1 aromatic carbocycles. The van der Waals surface area contributed by atoms with Crippen LogP contribution in [-0.4, -0.2) is 26.0 Å². The molecule has 142 valence electrons. The Morgan fingerprint density at radius 3 is 2.26 bits per heavy atom. The average molecular weight is 381 g/mol. The summed E-state index contributed by atoms with van der Waals surface area (Å²) < 4.78 is 55.5. The van der Waals surface area contributed by atoms with Gasteiger partial charge in [0.05, 0.1) is 17.1 Å². The second-order valence-electron chi connectivity index (χ2n) is 5.94. The van der Waals surface area contributed by atoms with Gasteiger partial charge in [-0.2, -0.15) is 23.4 Å². The van der Waals surface area contributed by atoms with Crippen molar-refractivity contribution in [3.05, 3.63) is 47.5 Å². The average Bonchev–Trinajstić information content (AvgIpc) is 3.11. The van der Waals surface area contributed by atoms with Gasteiger partial charge in [0.2, 0.25) is 6.41 Å². The first kappa shape index (κ1) is 18.6. The number of halogens is 4. The van der Waals surface area contributed by atoms with E-state index in [1.54, 1.807) is 20.0 Å². The van der Waals surface area contributed by atoms with Crippen LogP contribution >= 0.6 is 0 Å². The van der Waals surface area contributed by atoms with Gasteiger partial charge in [0.25, 0.3) is 0 Å². The van der Waals surface area contributed by atoms with Crippen molar-refractivity contribution in [3.8, 4) is 11.3 Å². The highest BCUT2D eigenvalue weighted by atomic mass is 19.4. The van der Waals surface area contributed by atoms with E-state index in [9.17, 15) is 22.4 Å². The summed E-state index contributed by atoms with van der Waals surface area (Å²) in [5.41, 5.74) is -0.307. The molecular formula is C17H15F4N5O. The van der Waals surface area contributed by atoms with Crippen LogP contribution in [0.4, 0.5) is 29.1 Å². The molecule has 0 unspecified atom stereocenters. The largest absolute Gasteiger partial charge is 0.435 e. The van der Waals surface area contributed by atoms with Crippen molar-refractivity contribution < 1.29 is 22.4 Å². The Morgan fingerprint density at radius 2 is 1.78 bits per heavy atom. The van der Waals surface area contributed by atoms with Gasteiger partial charge in [0.15, 0.2) is 5.69 Å². The lowest BCUT2D eigenvalue weighted by Gasteiger charge is -2.18. The molecule has 10 heteroatoms. The normalized spacial score (nSPS) is 11.7. The van der Waals surface area contributed by atoms with Gasteiger partial charge >= 0.3 is 6.18 Å². The fourth-order valence-electron chi connectivity index (χ4n) is 2.79. The predicted octanol–water partition coefficient (Wildman–Crippen LogP) is 3.58. The molecule has 0 N–H and O–H groups in total. The second kappa shape index (κ2) is 6.53. The number of carbonyl (C=O) groups excluding carboxylic acids is 1. The molecule has 3 aromatic rings. The molecule has 0 saturated heterocycles. The van der Waals surface area contributed by atoms with E-state index in [1.807, 2.05) is 0 Å². The Balaban J connectivity index is 2.02. The first-order chi connectivity index (χ1) is 12.6. The number of nitrogens with zero attached hydrogens (tertiary/aromatic N) is 5. The van der Waals surface area contributed by atoms with Crippen LogP contribution in [0.1, 0.15) is 11.4 Å². The number of benzene rings is 1. The zero-order valence-corrected chi connectivity index (χ0v) is 14.6. The van der Waals surface area contributed by atoms with Gasteiger partial charge in [-0.1, -0.05) is 0 Å². The van der Waals surface area contributed by atoms with Crippen molar-refractivity contribution in [2.45, 2.75) is 13.1 Å². The number of aryl methyl sites for hydroxylation is 3. The van der Waals surface area contributed by atoms with Crippen molar-refractivity contribution in [3.63, 3.8) is 0 Å². The molecule has 6 nitrogen and oxygen atoms in total. The SMILES string of the molecule is Cc1cc(N(C=O)c2ccc(-c3cc(C(F)(F)F)nn3C)c(F)c2)n(C)n1. The van der Waals surface area contributed by atoms with Crippen molar-refractivity contribution in [2.24, 2.45) is 14.1 Å². The minimum Gasteiger partial charge on any atom is -0.278 e. The highest BCUT2D eigenvalue weighted by Crippen LogP contribution is 2.34. The number of aromatic nitrogens is 4. The summed E-state index contributed by atoms with van der Waals surface area (Å²) in [5.74, 6) is -0.357. The van der Waals surface area contributed by atoms with Gasteiger partial charge in [-0.05, 0) is 31.2 Å². The van der Waals surface area contributed by atoms with E-state index >= 15 is 0 Å². The zero-order valence-electron chi connectivity index (χ0n) is 14.6. The first-order valence-corrected chi connectivity index (χ1v) is 7.78. The van der Waals surface area contributed by atoms with Gasteiger partial charge in [-0.15, -0.1) is 0 Å². The fraction of sp³-hybridized carbons (Fsp3) is 0.235. The summed E-state index contributed by atoms with van der Waals surface area (Å²) in [5, 5.41) is 7.52. The van der Waals surface area contributed by atoms with E-state index in [4.69, 9.17) is 0 Å². The van der Waals surface area contributed by atoms with Gasteiger partial charge in [-0.3, -0.25) is 19.1 Å². The lowest BCUT2D eigenvalue weighted by atomic mass is 10.1. The molecule has 3 rings (SSSR count). The molecule has 0 aliphatic rings. The van der Waals surface area contributed by atoms with E-state index in [2.05, 4.69) is 10.2 Å². The van der Waals surface area contributed by atoms with Crippen LogP contribution in [-0.2, 0) is 25.1 Å². The van der Waals surface area contributed by atoms with Crippen LogP contribution < -0.4 is 4.90 Å². The summed E-state index contributed by atoms with van der Waals surface area (Å²) in [4.78, 5) is 12.7. The maximum atomic E-state index is 14.7. The fourth-order valence-corrected chi connectivity index (χ4v) is 2.79. The van der Waals surface area contributed by atoms with Gasteiger partial charge < -0.3 is 0 Å². The van der Waals surface area contributed by atoms with Crippen molar-refractivity contribution in [1.82, 2.24) is 19.6 Å². The third-order valence-electron chi connectivity index (χ3n) is 4.01. The van der Waals surface area contributed by atoms with Crippen molar-refractivity contribution in [1.29, 1.82) is 0 Å². The number of rotatable bonds is 4. The Kier molecular flexibility index (Phi) is 4.50. The monoisotopic (exact) mass is 381 g/mol. The second-order valence-corrected chi connectivity index (χ2v) is 5.94. The summed E-state index contributed by atoms with van der Waals surface area (Å²) in [6.07, 6.45) is -4.12. The molecule has 27 heavy (non-hydrogen) atoms. The topological polar surface area (TPSA) is 56.0 Å². The maximum Gasteiger partial charge on any atom is 0.435 e. The van der Waals surface area contributed by atoms with Crippen LogP contribution in [0.25, 0.3) is 11.3 Å². The lowest BCUT2D eigenvalue weighted by molar-refractivity contribution is -0.141. The molecule has 0 saturated carbocycles. The summed E-state index contributed by atoms with van der Waals surface area (Å²) in [6.45, 7) is 1.75. The van der Waals surface area contributed by atoms with Crippen LogP contribution in [0.5, 0.6) is 0 Å². The lowest BCUT2D eigenvalue weighted by Crippen LogP contribution is -2.17. The summed E-state index contributed by atoms with van der Waals surface area (Å²) in [7, 11) is 2.94. The summed E-state index contributed by atoms with van der Waals surface area (Å²) >= 11 is 0. The molecule has 0 spiro atoms. The molecule has 0 radical (unpaired) electrons. The standard InChI is InChI=1S/C17H15F4N5O/c1-10-6-16(25(3)22-10)26(9-27)11-4-5-12(13(18)7-11)14-8-15(17(19,20)21)23-24(14)2/h4-9H,1-3H3. The third kappa shape index (κ3) is 3.42. The molecule has 0 aliphatic carbocycles. The van der Waals surface area contributed by atoms with Gasteiger partial charge in [0.1, 0.15) is 11.6 Å². The van der Waals surface area contributed by atoms with E-state index in [0.29, 0.717) is 17.9 Å². The molecule has 0 fully saturated rings. The molecular weight excluding hydrogens is 366 g/mol. The Hall–Kier alpha value is -3.17. The third-order valence-corrected chi connectivity index (χ3v) is 4.01. The number of alkyl halides is 3. The van der Waals surface area contributed by atoms with Crippen LogP contribution in [0.2, 0.25) is 0 Å². The molecule has 2 heterocycles. The number of hydrogen-bond acceptors (Lipinski definition) is 3. The highest BCUT2D eigenvalue weighted by molar-refractivity contribution is 5.85. The van der Waals surface area contributed by atoms with Crippen LogP contribution in [0.3, 0.4) is 0 Å². The maximum absolute atomic E-state index is 14.7. The van der Waals surface area contributed by atoms with E-state index in [-0.39, 0.29) is 16.9 Å². The van der Waals surface area contributed by atoms with Gasteiger partial charge in [0, 0.05) is 25.7 Å². The highest BCUT2D eigenvalue weighted by Gasteiger charge is 2.35. The van der Waals surface area contributed by atoms with E-state index in [0.717, 1.165) is 16.8 Å². The summed E-state index contributed by atoms with van der Waals surface area (Å²) in [6, 6.07) is 6.25. The minimum atomic E-state index is -4.63. The number of amides is 1. The Morgan fingerprint density at radius 1 is 1.07 bits per heavy atom.